The molecule has 24 heteroatoms. The van der Waals surface area contributed by atoms with E-state index in [0.29, 0.717) is 0 Å². The molecule has 0 aromatic carbocycles. The van der Waals surface area contributed by atoms with Crippen molar-refractivity contribution in [3.63, 3.8) is 0 Å². The summed E-state index contributed by atoms with van der Waals surface area (Å²) in [4.78, 5) is 9.86. The molecule has 0 aromatic rings. The van der Waals surface area contributed by atoms with Crippen molar-refractivity contribution in [1.29, 1.82) is 0 Å². The van der Waals surface area contributed by atoms with Crippen molar-refractivity contribution in [2.24, 2.45) is 0 Å². The van der Waals surface area contributed by atoms with Crippen LogP contribution in [0.25, 0.3) is 0 Å². The summed E-state index contributed by atoms with van der Waals surface area (Å²) in [7, 11) is -8.03. The van der Waals surface area contributed by atoms with E-state index in [1.807, 2.05) is 0 Å². The average molecular weight is 576 g/mol. The predicted octanol–water partition coefficient (Wildman–Crippen LogP) is 4.63. The standard InChI is InChI=1S/C10H2F18O5S/c11-2(12,1(29)30)3(13,14)4(15,16)5(17,18)6(19,20)7(21,22)8(23,24)9(25,26)10(27,28)34(31,32)33/h(H,29,30)(H,31,32,33). The third kappa shape index (κ3) is 3.53. The van der Waals surface area contributed by atoms with E-state index in [-0.39, 0.29) is 0 Å². The van der Waals surface area contributed by atoms with Gasteiger partial charge in [0, 0.05) is 0 Å². The molecule has 0 aliphatic rings. The summed E-state index contributed by atoms with van der Waals surface area (Å²) in [6, 6.07) is 0. The molecule has 0 atom stereocenters. The Kier molecular flexibility index (Phi) is 7.14. The number of carboxylic acids is 1. The summed E-state index contributed by atoms with van der Waals surface area (Å²) < 4.78 is 264. The maximum Gasteiger partial charge on any atom is 0.438 e. The molecule has 0 aromatic heterocycles. The normalized spacial score (nSPS) is 16.6. The van der Waals surface area contributed by atoms with Gasteiger partial charge < -0.3 is 5.11 Å². The number of hydrogen-bond donors (Lipinski definition) is 2. The fourth-order valence-corrected chi connectivity index (χ4v) is 2.11. The molecule has 0 bridgehead atoms. The van der Waals surface area contributed by atoms with E-state index in [0.717, 1.165) is 0 Å². The molecule has 0 saturated heterocycles. The predicted molar refractivity (Wildman–Crippen MR) is 63.7 cm³/mol. The summed E-state index contributed by atoms with van der Waals surface area (Å²) >= 11 is 0. The second-order valence-electron chi connectivity index (χ2n) is 5.89. The topological polar surface area (TPSA) is 91.7 Å². The molecule has 0 spiro atoms. The van der Waals surface area contributed by atoms with Crippen molar-refractivity contribution < 1.29 is 102 Å². The molecule has 0 rings (SSSR count). The summed E-state index contributed by atoms with van der Waals surface area (Å²) in [6.07, 6.45) is 0. The minimum absolute atomic E-state index is 4.52. The van der Waals surface area contributed by atoms with Crippen molar-refractivity contribution in [2.45, 2.75) is 52.6 Å². The minimum atomic E-state index is -9.19. The van der Waals surface area contributed by atoms with E-state index in [9.17, 15) is 92.2 Å². The molecule has 34 heavy (non-hydrogen) atoms. The third-order valence-electron chi connectivity index (χ3n) is 3.72. The first kappa shape index (κ1) is 32.1. The first-order valence-electron chi connectivity index (χ1n) is 6.80. The van der Waals surface area contributed by atoms with Crippen molar-refractivity contribution in [3.8, 4) is 0 Å². The lowest BCUT2D eigenvalue weighted by Crippen LogP contribution is -2.76. The highest BCUT2D eigenvalue weighted by molar-refractivity contribution is 7.87. The zero-order valence-electron chi connectivity index (χ0n) is 14.3. The quantitative estimate of drug-likeness (QED) is 0.293. The van der Waals surface area contributed by atoms with Gasteiger partial charge in [-0.2, -0.15) is 87.4 Å². The molecule has 0 saturated carbocycles. The highest BCUT2D eigenvalue weighted by Crippen LogP contribution is 2.65. The number of alkyl halides is 18. The summed E-state index contributed by atoms with van der Waals surface area (Å²) in [5.74, 6) is -74.4. The van der Waals surface area contributed by atoms with Crippen molar-refractivity contribution in [3.05, 3.63) is 0 Å². The zero-order chi connectivity index (χ0) is 28.6. The number of halogens is 18. The number of hydrogen-bond acceptors (Lipinski definition) is 3. The lowest BCUT2D eigenvalue weighted by Gasteiger charge is -2.43. The second kappa shape index (κ2) is 7.56. The van der Waals surface area contributed by atoms with Crippen LogP contribution >= 0.6 is 0 Å². The molecule has 2 N–H and O–H groups in total. The Hall–Kier alpha value is -1.88. The smallest absolute Gasteiger partial charge is 0.438 e. The Balaban J connectivity index is 7.17. The van der Waals surface area contributed by atoms with Crippen molar-refractivity contribution >= 4 is 16.1 Å². The zero-order valence-corrected chi connectivity index (χ0v) is 15.1. The fourth-order valence-electron chi connectivity index (χ4n) is 1.66. The number of aliphatic carboxylic acids is 1. The highest BCUT2D eigenvalue weighted by Gasteiger charge is 2.97. The van der Waals surface area contributed by atoms with E-state index in [2.05, 4.69) is 0 Å². The van der Waals surface area contributed by atoms with Crippen LogP contribution in [0.1, 0.15) is 0 Å². The summed E-state index contributed by atoms with van der Waals surface area (Å²) in [6.45, 7) is 0. The maximum atomic E-state index is 13.3. The molecule has 0 unspecified atom stereocenters. The van der Waals surface area contributed by atoms with Gasteiger partial charge in [0.05, 0.1) is 0 Å². The monoisotopic (exact) mass is 576 g/mol. The van der Waals surface area contributed by atoms with Crippen LogP contribution in [-0.2, 0) is 14.9 Å². The van der Waals surface area contributed by atoms with E-state index in [1.54, 1.807) is 0 Å². The van der Waals surface area contributed by atoms with Crippen LogP contribution in [0, 0.1) is 0 Å². The Morgan fingerprint density at radius 3 is 0.882 bits per heavy atom. The van der Waals surface area contributed by atoms with E-state index < -0.39 is 68.7 Å². The van der Waals surface area contributed by atoms with Gasteiger partial charge in [-0.3, -0.25) is 4.55 Å². The van der Waals surface area contributed by atoms with Crippen LogP contribution < -0.4 is 0 Å². The maximum absolute atomic E-state index is 13.3. The van der Waals surface area contributed by atoms with Gasteiger partial charge in [0.1, 0.15) is 0 Å². The molecule has 5 nitrogen and oxygen atoms in total. The number of carbonyl (C=O) groups is 1. The summed E-state index contributed by atoms with van der Waals surface area (Å²) in [5.41, 5.74) is 0. The molecular weight excluding hydrogens is 574 g/mol. The molecule has 204 valence electrons. The van der Waals surface area contributed by atoms with E-state index in [1.165, 1.54) is 0 Å². The lowest BCUT2D eigenvalue weighted by molar-refractivity contribution is -0.457. The highest BCUT2D eigenvalue weighted by atomic mass is 32.2. The lowest BCUT2D eigenvalue weighted by atomic mass is 9.87. The van der Waals surface area contributed by atoms with Crippen LogP contribution in [0.3, 0.4) is 0 Å². The Labute approximate surface area is 172 Å². The fraction of sp³-hybridized carbons (Fsp3) is 0.900. The van der Waals surface area contributed by atoms with Gasteiger partial charge >= 0.3 is 68.7 Å². The second-order valence-corrected chi connectivity index (χ2v) is 7.36. The first-order chi connectivity index (χ1) is 14.2. The van der Waals surface area contributed by atoms with Gasteiger partial charge in [-0.25, -0.2) is 4.79 Å². The Morgan fingerprint density at radius 1 is 0.471 bits per heavy atom. The van der Waals surface area contributed by atoms with Gasteiger partial charge in [-0.15, -0.1) is 0 Å². The molecule has 0 radical (unpaired) electrons. The molecular formula is C10H2F18O5S. The van der Waals surface area contributed by atoms with Crippen LogP contribution in [-0.4, -0.2) is 76.7 Å². The summed E-state index contributed by atoms with van der Waals surface area (Å²) in [5, 5.41) is -0.342. The van der Waals surface area contributed by atoms with Gasteiger partial charge in [0.15, 0.2) is 0 Å². The first-order valence-corrected chi connectivity index (χ1v) is 8.24. The average Bonchev–Trinajstić information content (AvgIpc) is 2.58. The third-order valence-corrected chi connectivity index (χ3v) is 4.62. The Morgan fingerprint density at radius 2 is 0.676 bits per heavy atom. The van der Waals surface area contributed by atoms with Gasteiger partial charge in [0.25, 0.3) is 0 Å². The molecule has 0 amide bonds. The molecule has 0 fully saturated rings. The SMILES string of the molecule is O=C(O)C(F)(F)C(F)(F)C(F)(F)C(F)(F)C(F)(F)C(F)(F)C(F)(F)C(F)(F)C(F)(F)S(=O)(=O)O. The van der Waals surface area contributed by atoms with Gasteiger partial charge in [0.2, 0.25) is 0 Å². The van der Waals surface area contributed by atoms with Gasteiger partial charge in [-0.1, -0.05) is 0 Å². The Bertz CT molecular complexity index is 921. The minimum Gasteiger partial charge on any atom is -0.477 e. The molecule has 0 aliphatic heterocycles. The molecule has 0 heterocycles. The van der Waals surface area contributed by atoms with Crippen molar-refractivity contribution in [1.82, 2.24) is 0 Å². The van der Waals surface area contributed by atoms with Crippen LogP contribution in [0.4, 0.5) is 79.0 Å². The van der Waals surface area contributed by atoms with Crippen LogP contribution in [0.2, 0.25) is 0 Å². The number of rotatable bonds is 10. The van der Waals surface area contributed by atoms with Crippen molar-refractivity contribution in [2.75, 3.05) is 0 Å². The largest absolute Gasteiger partial charge is 0.477 e. The van der Waals surface area contributed by atoms with Gasteiger partial charge in [-0.05, 0) is 0 Å². The van der Waals surface area contributed by atoms with Crippen LogP contribution in [0.15, 0.2) is 0 Å². The van der Waals surface area contributed by atoms with Crippen LogP contribution in [0.5, 0.6) is 0 Å². The van der Waals surface area contributed by atoms with E-state index in [4.69, 9.17) is 9.66 Å². The number of carboxylic acid groups (broad SMARTS) is 1. The molecule has 0 aliphatic carbocycles. The van der Waals surface area contributed by atoms with E-state index >= 15 is 0 Å².